The summed E-state index contributed by atoms with van der Waals surface area (Å²) in [5, 5.41) is 3.69. The summed E-state index contributed by atoms with van der Waals surface area (Å²) in [6, 6.07) is 14.6. The molecule has 0 aromatic heterocycles. The van der Waals surface area contributed by atoms with Crippen molar-refractivity contribution in [2.45, 2.75) is 13.8 Å². The molecule has 5 heteroatoms. The van der Waals surface area contributed by atoms with E-state index in [1.165, 1.54) is 4.90 Å². The van der Waals surface area contributed by atoms with E-state index in [2.05, 4.69) is 5.32 Å². The van der Waals surface area contributed by atoms with Gasteiger partial charge in [-0.25, -0.2) is 0 Å². The molecule has 1 N–H and O–H groups in total. The van der Waals surface area contributed by atoms with E-state index >= 15 is 0 Å². The maximum atomic E-state index is 12.7. The van der Waals surface area contributed by atoms with E-state index in [9.17, 15) is 9.59 Å². The molecule has 0 atom stereocenters. The Morgan fingerprint density at radius 1 is 1.04 bits per heavy atom. The minimum atomic E-state index is -0.319. The number of nitrogens with zero attached hydrogens (tertiary/aromatic N) is 1. The van der Waals surface area contributed by atoms with Crippen molar-refractivity contribution < 1.29 is 9.59 Å². The number of imide groups is 1. The molecule has 2 amide bonds. The quantitative estimate of drug-likeness (QED) is 0.860. The molecule has 0 unspecified atom stereocenters. The molecule has 2 aromatic carbocycles. The van der Waals surface area contributed by atoms with Crippen LogP contribution in [0.4, 0.5) is 5.69 Å². The van der Waals surface area contributed by atoms with E-state index in [1.54, 1.807) is 19.1 Å². The van der Waals surface area contributed by atoms with Crippen molar-refractivity contribution in [1.29, 1.82) is 0 Å². The molecule has 0 fully saturated rings. The van der Waals surface area contributed by atoms with E-state index in [-0.39, 0.29) is 11.8 Å². The van der Waals surface area contributed by atoms with Gasteiger partial charge in [0.2, 0.25) is 0 Å². The Labute approximate surface area is 145 Å². The van der Waals surface area contributed by atoms with Crippen LogP contribution in [0.3, 0.4) is 0 Å². The van der Waals surface area contributed by atoms with E-state index < -0.39 is 0 Å². The number of likely N-dealkylation sites (N-methyl/N-ethyl adjacent to an activating group) is 1. The molecular weight excluding hydrogens is 324 g/mol. The van der Waals surface area contributed by atoms with Gasteiger partial charge in [0.15, 0.2) is 0 Å². The van der Waals surface area contributed by atoms with E-state index in [0.29, 0.717) is 34.1 Å². The van der Waals surface area contributed by atoms with Crippen molar-refractivity contribution in [2.75, 3.05) is 11.9 Å². The SMILES string of the molecule is CCN1C(=O)C(Nc2cc(Cl)ccc2C)=C(c2ccccc2)C1=O. The van der Waals surface area contributed by atoms with Crippen molar-refractivity contribution in [1.82, 2.24) is 4.90 Å². The standard InChI is InChI=1S/C19H17ClN2O2/c1-3-22-18(23)16(13-7-5-4-6-8-13)17(19(22)24)21-15-11-14(20)10-9-12(15)2/h4-11,21H,3H2,1-2H3. The molecule has 2 aromatic rings. The second-order valence-corrected chi connectivity index (χ2v) is 5.99. The van der Waals surface area contributed by atoms with Crippen LogP contribution >= 0.6 is 11.6 Å². The molecule has 1 heterocycles. The van der Waals surface area contributed by atoms with E-state index in [0.717, 1.165) is 5.56 Å². The average molecular weight is 341 g/mol. The number of rotatable bonds is 4. The number of aryl methyl sites for hydroxylation is 1. The molecule has 1 aliphatic heterocycles. The van der Waals surface area contributed by atoms with Gasteiger partial charge in [-0.05, 0) is 37.1 Å². The summed E-state index contributed by atoms with van der Waals surface area (Å²) in [6.45, 7) is 4.03. The summed E-state index contributed by atoms with van der Waals surface area (Å²) in [5.41, 5.74) is 3.05. The number of carbonyl (C=O) groups excluding carboxylic acids is 2. The van der Waals surface area contributed by atoms with Crippen LogP contribution in [0.25, 0.3) is 5.57 Å². The molecule has 0 spiro atoms. The van der Waals surface area contributed by atoms with Crippen LogP contribution in [0.2, 0.25) is 5.02 Å². The van der Waals surface area contributed by atoms with E-state index in [4.69, 9.17) is 11.6 Å². The zero-order valence-corrected chi connectivity index (χ0v) is 14.2. The number of hydrogen-bond acceptors (Lipinski definition) is 3. The van der Waals surface area contributed by atoms with Gasteiger partial charge in [0, 0.05) is 17.3 Å². The highest BCUT2D eigenvalue weighted by atomic mass is 35.5. The van der Waals surface area contributed by atoms with Gasteiger partial charge < -0.3 is 5.32 Å². The van der Waals surface area contributed by atoms with Gasteiger partial charge in [-0.2, -0.15) is 0 Å². The lowest BCUT2D eigenvalue weighted by molar-refractivity contribution is -0.136. The van der Waals surface area contributed by atoms with Crippen LogP contribution in [-0.4, -0.2) is 23.3 Å². The lowest BCUT2D eigenvalue weighted by Gasteiger charge is -2.13. The normalized spacial score (nSPS) is 14.5. The number of amides is 2. The monoisotopic (exact) mass is 340 g/mol. The van der Waals surface area contributed by atoms with Gasteiger partial charge in [-0.1, -0.05) is 48.0 Å². The average Bonchev–Trinajstić information content (AvgIpc) is 2.82. The Bertz CT molecular complexity index is 844. The van der Waals surface area contributed by atoms with Crippen LogP contribution in [0, 0.1) is 6.92 Å². The predicted octanol–water partition coefficient (Wildman–Crippen LogP) is 3.86. The van der Waals surface area contributed by atoms with Crippen molar-refractivity contribution in [3.63, 3.8) is 0 Å². The Morgan fingerprint density at radius 3 is 2.42 bits per heavy atom. The van der Waals surface area contributed by atoms with Gasteiger partial charge in [0.25, 0.3) is 11.8 Å². The van der Waals surface area contributed by atoms with Gasteiger partial charge in [0.1, 0.15) is 5.70 Å². The lowest BCUT2D eigenvalue weighted by Crippen LogP contribution is -2.32. The number of halogens is 1. The number of anilines is 1. The summed E-state index contributed by atoms with van der Waals surface area (Å²) in [5.74, 6) is -0.600. The molecule has 0 aliphatic carbocycles. The number of hydrogen-bond donors (Lipinski definition) is 1. The Hall–Kier alpha value is -2.59. The molecule has 1 aliphatic rings. The van der Waals surface area contributed by atoms with Gasteiger partial charge >= 0.3 is 0 Å². The first kappa shape index (κ1) is 16.3. The largest absolute Gasteiger partial charge is 0.350 e. The van der Waals surface area contributed by atoms with Crippen molar-refractivity contribution in [2.24, 2.45) is 0 Å². The Balaban J connectivity index is 2.12. The summed E-state index contributed by atoms with van der Waals surface area (Å²) >= 11 is 6.06. The third-order valence-corrected chi connectivity index (χ3v) is 4.24. The molecule has 0 saturated heterocycles. The molecular formula is C19H17ClN2O2. The fourth-order valence-electron chi connectivity index (χ4n) is 2.72. The molecule has 0 bridgehead atoms. The Kier molecular flexibility index (Phi) is 4.40. The van der Waals surface area contributed by atoms with Crippen LogP contribution in [-0.2, 0) is 9.59 Å². The Morgan fingerprint density at radius 2 is 1.75 bits per heavy atom. The van der Waals surface area contributed by atoms with Crippen LogP contribution in [0.5, 0.6) is 0 Å². The predicted molar refractivity (Wildman–Crippen MR) is 95.6 cm³/mol. The second-order valence-electron chi connectivity index (χ2n) is 5.55. The second kappa shape index (κ2) is 6.49. The summed E-state index contributed by atoms with van der Waals surface area (Å²) < 4.78 is 0. The van der Waals surface area contributed by atoms with Gasteiger partial charge in [-0.3, -0.25) is 14.5 Å². The van der Waals surface area contributed by atoms with Gasteiger partial charge in [-0.15, -0.1) is 0 Å². The maximum Gasteiger partial charge on any atom is 0.278 e. The zero-order chi connectivity index (χ0) is 17.3. The first-order chi connectivity index (χ1) is 11.5. The molecule has 0 saturated carbocycles. The highest BCUT2D eigenvalue weighted by molar-refractivity contribution is 6.36. The summed E-state index contributed by atoms with van der Waals surface area (Å²) in [7, 11) is 0. The van der Waals surface area contributed by atoms with Crippen molar-refractivity contribution in [3.05, 3.63) is 70.4 Å². The third kappa shape index (κ3) is 2.81. The zero-order valence-electron chi connectivity index (χ0n) is 13.5. The maximum absolute atomic E-state index is 12.7. The minimum absolute atomic E-state index is 0.282. The first-order valence-corrected chi connectivity index (χ1v) is 8.09. The smallest absolute Gasteiger partial charge is 0.278 e. The molecule has 122 valence electrons. The molecule has 4 nitrogen and oxygen atoms in total. The number of nitrogens with one attached hydrogen (secondary N) is 1. The highest BCUT2D eigenvalue weighted by Gasteiger charge is 2.38. The molecule has 24 heavy (non-hydrogen) atoms. The van der Waals surface area contributed by atoms with Crippen LogP contribution in [0.15, 0.2) is 54.2 Å². The summed E-state index contributed by atoms with van der Waals surface area (Å²) in [6.07, 6.45) is 0. The van der Waals surface area contributed by atoms with Gasteiger partial charge in [0.05, 0.1) is 5.57 Å². The third-order valence-electron chi connectivity index (χ3n) is 4.01. The number of benzene rings is 2. The van der Waals surface area contributed by atoms with Crippen molar-refractivity contribution in [3.8, 4) is 0 Å². The fraction of sp³-hybridized carbons (Fsp3) is 0.158. The lowest BCUT2D eigenvalue weighted by atomic mass is 10.0. The topological polar surface area (TPSA) is 49.4 Å². The number of carbonyl (C=O) groups is 2. The highest BCUT2D eigenvalue weighted by Crippen LogP contribution is 2.31. The molecule has 3 rings (SSSR count). The first-order valence-electron chi connectivity index (χ1n) is 7.72. The van der Waals surface area contributed by atoms with Crippen LogP contribution in [0.1, 0.15) is 18.1 Å². The summed E-state index contributed by atoms with van der Waals surface area (Å²) in [4.78, 5) is 26.6. The van der Waals surface area contributed by atoms with Crippen molar-refractivity contribution >= 4 is 34.7 Å². The van der Waals surface area contributed by atoms with Crippen LogP contribution < -0.4 is 5.32 Å². The minimum Gasteiger partial charge on any atom is -0.350 e. The fourth-order valence-corrected chi connectivity index (χ4v) is 2.89. The van der Waals surface area contributed by atoms with E-state index in [1.807, 2.05) is 43.3 Å². The molecule has 0 radical (unpaired) electrons.